The molecule has 0 aliphatic heterocycles. The number of hydrogen-bond acceptors (Lipinski definition) is 6. The van der Waals surface area contributed by atoms with E-state index in [0.717, 1.165) is 0 Å². The van der Waals surface area contributed by atoms with Crippen LogP contribution in [0.25, 0.3) is 0 Å². The van der Waals surface area contributed by atoms with Crippen LogP contribution in [0.5, 0.6) is 0 Å². The van der Waals surface area contributed by atoms with Gasteiger partial charge in [-0.3, -0.25) is 4.68 Å². The number of nitrogen functional groups attached to an aromatic ring is 1. The van der Waals surface area contributed by atoms with Crippen LogP contribution >= 0.6 is 0 Å². The van der Waals surface area contributed by atoms with Gasteiger partial charge >= 0.3 is 5.97 Å². The molecule has 0 atom stereocenters. The molecule has 0 radical (unpaired) electrons. The summed E-state index contributed by atoms with van der Waals surface area (Å²) in [4.78, 5) is 11.3. The van der Waals surface area contributed by atoms with Crippen molar-refractivity contribution in [1.82, 2.24) is 9.78 Å². The minimum absolute atomic E-state index is 0.00499. The normalized spacial score (nSPS) is 11.4. The summed E-state index contributed by atoms with van der Waals surface area (Å²) in [6.07, 6.45) is 2.00. The van der Waals surface area contributed by atoms with E-state index in [-0.39, 0.29) is 29.4 Å². The minimum Gasteiger partial charge on any atom is -0.464 e. The third kappa shape index (κ3) is 3.73. The van der Waals surface area contributed by atoms with E-state index in [1.54, 1.807) is 6.92 Å². The molecule has 1 aromatic rings. The molecule has 0 fully saturated rings. The van der Waals surface area contributed by atoms with Crippen LogP contribution in [0.4, 0.5) is 5.69 Å². The number of methoxy groups -OCH3 is 1. The molecule has 8 heteroatoms. The molecule has 0 aromatic carbocycles. The molecule has 0 saturated carbocycles. The van der Waals surface area contributed by atoms with Crippen LogP contribution in [-0.2, 0) is 21.1 Å². The quantitative estimate of drug-likeness (QED) is 0.737. The van der Waals surface area contributed by atoms with Crippen molar-refractivity contribution in [2.75, 3.05) is 24.3 Å². The molecule has 1 aromatic heterocycles. The summed E-state index contributed by atoms with van der Waals surface area (Å²) in [5, 5.41) is 3.90. The third-order valence-corrected chi connectivity index (χ3v) is 4.15. The van der Waals surface area contributed by atoms with Gasteiger partial charge in [0, 0.05) is 11.9 Å². The predicted molar refractivity (Wildman–Crippen MR) is 66.9 cm³/mol. The molecule has 2 N–H and O–H groups in total. The minimum atomic E-state index is -3.08. The van der Waals surface area contributed by atoms with Crippen molar-refractivity contribution in [3.8, 4) is 0 Å². The second-order valence-corrected chi connectivity index (χ2v) is 6.14. The van der Waals surface area contributed by atoms with Crippen molar-refractivity contribution in [1.29, 1.82) is 0 Å². The number of hydrogen-bond donors (Lipinski definition) is 1. The lowest BCUT2D eigenvalue weighted by molar-refractivity contribution is 0.0594. The van der Waals surface area contributed by atoms with Crippen LogP contribution in [0, 0.1) is 0 Å². The van der Waals surface area contributed by atoms with E-state index in [1.807, 2.05) is 0 Å². The van der Waals surface area contributed by atoms with Crippen molar-refractivity contribution < 1.29 is 17.9 Å². The molecule has 18 heavy (non-hydrogen) atoms. The van der Waals surface area contributed by atoms with E-state index in [9.17, 15) is 13.2 Å². The van der Waals surface area contributed by atoms with Gasteiger partial charge in [-0.15, -0.1) is 0 Å². The summed E-state index contributed by atoms with van der Waals surface area (Å²) in [5.41, 5.74) is 5.76. The molecule has 102 valence electrons. The van der Waals surface area contributed by atoms with Crippen LogP contribution in [0.1, 0.15) is 23.8 Å². The van der Waals surface area contributed by atoms with E-state index in [2.05, 4.69) is 9.84 Å². The Morgan fingerprint density at radius 3 is 2.72 bits per heavy atom. The summed E-state index contributed by atoms with van der Waals surface area (Å²) >= 11 is 0. The first kappa shape index (κ1) is 14.5. The van der Waals surface area contributed by atoms with Gasteiger partial charge in [0.25, 0.3) is 0 Å². The second kappa shape index (κ2) is 5.85. The van der Waals surface area contributed by atoms with Gasteiger partial charge in [-0.25, -0.2) is 13.2 Å². The Kier molecular flexibility index (Phi) is 4.71. The van der Waals surface area contributed by atoms with Crippen molar-refractivity contribution in [3.63, 3.8) is 0 Å². The first-order chi connectivity index (χ1) is 8.39. The highest BCUT2D eigenvalue weighted by molar-refractivity contribution is 7.91. The van der Waals surface area contributed by atoms with Crippen LogP contribution in [0.2, 0.25) is 0 Å². The van der Waals surface area contributed by atoms with Gasteiger partial charge in [-0.2, -0.15) is 5.10 Å². The highest BCUT2D eigenvalue weighted by atomic mass is 32.2. The first-order valence-corrected chi connectivity index (χ1v) is 7.33. The van der Waals surface area contributed by atoms with E-state index in [0.29, 0.717) is 6.42 Å². The third-order valence-electron chi connectivity index (χ3n) is 2.32. The number of sulfone groups is 1. The molecule has 0 bridgehead atoms. The summed E-state index contributed by atoms with van der Waals surface area (Å²) in [6.45, 7) is 1.97. The Morgan fingerprint density at radius 1 is 1.50 bits per heavy atom. The lowest BCUT2D eigenvalue weighted by Crippen LogP contribution is -2.16. The summed E-state index contributed by atoms with van der Waals surface area (Å²) < 4.78 is 28.9. The zero-order chi connectivity index (χ0) is 13.8. The number of aromatic nitrogens is 2. The molecule has 7 nitrogen and oxygen atoms in total. The summed E-state index contributed by atoms with van der Waals surface area (Å²) in [5.74, 6) is -0.515. The number of nitrogens with zero attached hydrogens (tertiary/aromatic N) is 2. The van der Waals surface area contributed by atoms with E-state index < -0.39 is 15.8 Å². The SMILES string of the molecule is CCCS(=O)(=O)CCn1cc(N)c(C(=O)OC)n1. The van der Waals surface area contributed by atoms with Gasteiger partial charge in [-0.1, -0.05) is 6.92 Å². The fraction of sp³-hybridized carbons (Fsp3) is 0.600. The fourth-order valence-corrected chi connectivity index (χ4v) is 2.74. The van der Waals surface area contributed by atoms with E-state index in [4.69, 9.17) is 5.73 Å². The molecule has 0 spiro atoms. The Hall–Kier alpha value is -1.57. The number of carbonyl (C=O) groups is 1. The Labute approximate surface area is 106 Å². The molecule has 0 amide bonds. The standard InChI is InChI=1S/C10H17N3O4S/c1-3-5-18(15,16)6-4-13-7-8(11)9(12-13)10(14)17-2/h7H,3-6,11H2,1-2H3. The second-order valence-electron chi connectivity index (χ2n) is 3.84. The molecular formula is C10H17N3O4S. The smallest absolute Gasteiger partial charge is 0.360 e. The van der Waals surface area contributed by atoms with Gasteiger partial charge in [0.1, 0.15) is 0 Å². The highest BCUT2D eigenvalue weighted by Crippen LogP contribution is 2.10. The van der Waals surface area contributed by atoms with Crippen LogP contribution < -0.4 is 5.73 Å². The lowest BCUT2D eigenvalue weighted by Gasteiger charge is -2.02. The zero-order valence-corrected chi connectivity index (χ0v) is 11.2. The molecule has 0 unspecified atom stereocenters. The van der Waals surface area contributed by atoms with Crippen molar-refractivity contribution in [2.45, 2.75) is 19.9 Å². The first-order valence-electron chi connectivity index (χ1n) is 5.51. The number of nitrogens with two attached hydrogens (primary N) is 1. The number of anilines is 1. The number of aryl methyl sites for hydroxylation is 1. The molecule has 0 aliphatic rings. The van der Waals surface area contributed by atoms with Crippen molar-refractivity contribution >= 4 is 21.5 Å². The number of rotatable bonds is 6. The number of ether oxygens (including phenoxy) is 1. The number of esters is 1. The highest BCUT2D eigenvalue weighted by Gasteiger charge is 2.16. The van der Waals surface area contributed by atoms with Crippen LogP contribution in [-0.4, -0.2) is 42.8 Å². The molecular weight excluding hydrogens is 258 g/mol. The number of carbonyl (C=O) groups excluding carboxylic acids is 1. The van der Waals surface area contributed by atoms with Crippen LogP contribution in [0.3, 0.4) is 0 Å². The van der Waals surface area contributed by atoms with Gasteiger partial charge in [-0.05, 0) is 6.42 Å². The lowest BCUT2D eigenvalue weighted by atomic mass is 10.4. The maximum absolute atomic E-state index is 11.5. The van der Waals surface area contributed by atoms with E-state index in [1.165, 1.54) is 18.0 Å². The van der Waals surface area contributed by atoms with Crippen molar-refractivity contribution in [3.05, 3.63) is 11.9 Å². The maximum atomic E-state index is 11.5. The topological polar surface area (TPSA) is 104 Å². The predicted octanol–water partition coefficient (Wildman–Crippen LogP) is 0.0767. The molecule has 0 saturated heterocycles. The summed E-state index contributed by atoms with van der Waals surface area (Å²) in [6, 6.07) is 0. The summed E-state index contributed by atoms with van der Waals surface area (Å²) in [7, 11) is -1.85. The largest absolute Gasteiger partial charge is 0.464 e. The Balaban J connectivity index is 2.73. The Morgan fingerprint density at radius 2 is 2.17 bits per heavy atom. The van der Waals surface area contributed by atoms with Crippen LogP contribution in [0.15, 0.2) is 6.20 Å². The average Bonchev–Trinajstić information content (AvgIpc) is 2.67. The van der Waals surface area contributed by atoms with Crippen molar-refractivity contribution in [2.24, 2.45) is 0 Å². The molecule has 0 aliphatic carbocycles. The van der Waals surface area contributed by atoms with Gasteiger partial charge in [0.05, 0.1) is 25.1 Å². The van der Waals surface area contributed by atoms with Gasteiger partial charge in [0.15, 0.2) is 15.5 Å². The molecule has 1 rings (SSSR count). The van der Waals surface area contributed by atoms with E-state index >= 15 is 0 Å². The molecule has 1 heterocycles. The van der Waals surface area contributed by atoms with Gasteiger partial charge in [0.2, 0.25) is 0 Å². The fourth-order valence-electron chi connectivity index (χ4n) is 1.45. The average molecular weight is 275 g/mol. The monoisotopic (exact) mass is 275 g/mol. The van der Waals surface area contributed by atoms with Gasteiger partial charge < -0.3 is 10.5 Å². The zero-order valence-electron chi connectivity index (χ0n) is 10.4. The maximum Gasteiger partial charge on any atom is 0.360 e. The Bertz CT molecular complexity index is 521.